The summed E-state index contributed by atoms with van der Waals surface area (Å²) in [6, 6.07) is 8.40. The van der Waals surface area contributed by atoms with Gasteiger partial charge in [0.2, 0.25) is 0 Å². The Balaban J connectivity index is 1.47. The van der Waals surface area contributed by atoms with E-state index in [2.05, 4.69) is 38.1 Å². The maximum atomic E-state index is 5.99. The van der Waals surface area contributed by atoms with Crippen LogP contribution in [-0.2, 0) is 32.2 Å². The molecule has 0 spiro atoms. The summed E-state index contributed by atoms with van der Waals surface area (Å²) in [5.74, 6) is 0.170. The molecular weight excluding hydrogens is 304 g/mol. The standard InChI is InChI=1S/C20H30O4/c1-5-17-13-23-19(17,3)21-11-15-7-9-16(10-8-15)12-22-20(4)18(6-2)14-24-20/h7-10,17-18H,5-6,11-14H2,1-4H3. The second-order valence-electron chi connectivity index (χ2n) is 7.26. The molecule has 0 radical (unpaired) electrons. The summed E-state index contributed by atoms with van der Waals surface area (Å²) < 4.78 is 23.2. The zero-order valence-corrected chi connectivity index (χ0v) is 15.3. The van der Waals surface area contributed by atoms with E-state index < -0.39 is 11.6 Å². The fourth-order valence-electron chi connectivity index (χ4n) is 3.35. The first-order chi connectivity index (χ1) is 11.5. The van der Waals surface area contributed by atoms with Crippen LogP contribution in [0.2, 0.25) is 0 Å². The van der Waals surface area contributed by atoms with Gasteiger partial charge in [0, 0.05) is 11.8 Å². The van der Waals surface area contributed by atoms with E-state index in [0.717, 1.165) is 37.2 Å². The van der Waals surface area contributed by atoms with Crippen molar-refractivity contribution in [3.63, 3.8) is 0 Å². The van der Waals surface area contributed by atoms with Crippen LogP contribution in [0.5, 0.6) is 0 Å². The highest BCUT2D eigenvalue weighted by Gasteiger charge is 2.45. The van der Waals surface area contributed by atoms with Crippen LogP contribution in [0.3, 0.4) is 0 Å². The first-order valence-corrected chi connectivity index (χ1v) is 9.12. The molecule has 2 aliphatic rings. The molecule has 0 aliphatic carbocycles. The van der Waals surface area contributed by atoms with Crippen LogP contribution >= 0.6 is 0 Å². The first-order valence-electron chi connectivity index (χ1n) is 9.12. The predicted molar refractivity (Wildman–Crippen MR) is 92.3 cm³/mol. The molecule has 24 heavy (non-hydrogen) atoms. The molecule has 3 rings (SSSR count). The summed E-state index contributed by atoms with van der Waals surface area (Å²) in [7, 11) is 0. The van der Waals surface area contributed by atoms with Gasteiger partial charge in [0.25, 0.3) is 0 Å². The van der Waals surface area contributed by atoms with Gasteiger partial charge in [-0.2, -0.15) is 0 Å². The molecule has 1 aromatic rings. The summed E-state index contributed by atoms with van der Waals surface area (Å²) in [4.78, 5) is 0. The van der Waals surface area contributed by atoms with Crippen molar-refractivity contribution >= 4 is 0 Å². The monoisotopic (exact) mass is 334 g/mol. The third-order valence-corrected chi connectivity index (χ3v) is 5.68. The zero-order valence-electron chi connectivity index (χ0n) is 15.3. The highest BCUT2D eigenvalue weighted by Crippen LogP contribution is 2.37. The second-order valence-corrected chi connectivity index (χ2v) is 7.26. The molecule has 0 saturated carbocycles. The Morgan fingerprint density at radius 3 is 1.46 bits per heavy atom. The van der Waals surface area contributed by atoms with Gasteiger partial charge in [-0.3, -0.25) is 0 Å². The lowest BCUT2D eigenvalue weighted by Crippen LogP contribution is -2.52. The molecule has 0 bridgehead atoms. The quantitative estimate of drug-likeness (QED) is 0.711. The highest BCUT2D eigenvalue weighted by molar-refractivity contribution is 5.21. The number of rotatable bonds is 8. The third kappa shape index (κ3) is 3.52. The van der Waals surface area contributed by atoms with Gasteiger partial charge in [-0.05, 0) is 37.8 Å². The van der Waals surface area contributed by atoms with Crippen LogP contribution in [-0.4, -0.2) is 24.8 Å². The van der Waals surface area contributed by atoms with Crippen LogP contribution in [0, 0.1) is 11.8 Å². The molecule has 0 amide bonds. The van der Waals surface area contributed by atoms with E-state index >= 15 is 0 Å². The summed E-state index contributed by atoms with van der Waals surface area (Å²) in [6.45, 7) is 11.2. The van der Waals surface area contributed by atoms with Crippen molar-refractivity contribution in [2.75, 3.05) is 13.2 Å². The molecular formula is C20H30O4. The van der Waals surface area contributed by atoms with Crippen molar-refractivity contribution in [3.8, 4) is 0 Å². The summed E-state index contributed by atoms with van der Waals surface area (Å²) in [5.41, 5.74) is 2.31. The Labute approximate surface area is 145 Å². The van der Waals surface area contributed by atoms with E-state index in [1.165, 1.54) is 0 Å². The molecule has 4 heteroatoms. The Hall–Kier alpha value is -0.940. The minimum atomic E-state index is -0.415. The van der Waals surface area contributed by atoms with Crippen molar-refractivity contribution in [3.05, 3.63) is 35.4 Å². The lowest BCUT2D eigenvalue weighted by molar-refractivity contribution is -0.342. The second kappa shape index (κ2) is 7.12. The molecule has 2 heterocycles. The average molecular weight is 334 g/mol. The minimum Gasteiger partial charge on any atom is -0.349 e. The average Bonchev–Trinajstić information content (AvgIpc) is 2.57. The smallest absolute Gasteiger partial charge is 0.170 e. The van der Waals surface area contributed by atoms with Gasteiger partial charge in [-0.1, -0.05) is 38.1 Å². The van der Waals surface area contributed by atoms with E-state index in [4.69, 9.17) is 18.9 Å². The third-order valence-electron chi connectivity index (χ3n) is 5.68. The summed E-state index contributed by atoms with van der Waals surface area (Å²) >= 11 is 0. The lowest BCUT2D eigenvalue weighted by atomic mass is 9.92. The van der Waals surface area contributed by atoms with Crippen LogP contribution < -0.4 is 0 Å². The van der Waals surface area contributed by atoms with Gasteiger partial charge in [0.15, 0.2) is 11.6 Å². The van der Waals surface area contributed by atoms with Crippen molar-refractivity contribution in [2.24, 2.45) is 11.8 Å². The van der Waals surface area contributed by atoms with Crippen LogP contribution in [0.25, 0.3) is 0 Å². The SMILES string of the molecule is CCC1COC1(C)OCc1ccc(COC2(C)OCC2CC)cc1. The van der Waals surface area contributed by atoms with E-state index in [1.807, 2.05) is 13.8 Å². The Morgan fingerprint density at radius 1 is 0.833 bits per heavy atom. The molecule has 0 N–H and O–H groups in total. The van der Waals surface area contributed by atoms with E-state index in [1.54, 1.807) is 0 Å². The Bertz CT molecular complexity index is 490. The molecule has 134 valence electrons. The summed E-state index contributed by atoms with van der Waals surface area (Å²) in [5, 5.41) is 0. The lowest BCUT2D eigenvalue weighted by Gasteiger charge is -2.46. The van der Waals surface area contributed by atoms with E-state index in [0.29, 0.717) is 25.0 Å². The number of hydrogen-bond donors (Lipinski definition) is 0. The zero-order chi connectivity index (χ0) is 17.2. The largest absolute Gasteiger partial charge is 0.349 e. The van der Waals surface area contributed by atoms with Crippen molar-refractivity contribution < 1.29 is 18.9 Å². The van der Waals surface area contributed by atoms with Gasteiger partial charge in [-0.15, -0.1) is 0 Å². The van der Waals surface area contributed by atoms with Gasteiger partial charge < -0.3 is 18.9 Å². The molecule has 4 unspecified atom stereocenters. The van der Waals surface area contributed by atoms with Gasteiger partial charge in [-0.25, -0.2) is 0 Å². The van der Waals surface area contributed by atoms with E-state index in [-0.39, 0.29) is 0 Å². The first kappa shape index (κ1) is 17.9. The molecule has 0 aromatic heterocycles. The maximum Gasteiger partial charge on any atom is 0.170 e. The van der Waals surface area contributed by atoms with Crippen LogP contribution in [0.4, 0.5) is 0 Å². The Morgan fingerprint density at radius 2 is 1.21 bits per heavy atom. The molecule has 4 atom stereocenters. The van der Waals surface area contributed by atoms with Gasteiger partial charge >= 0.3 is 0 Å². The normalized spacial score (nSPS) is 35.3. The number of ether oxygens (including phenoxy) is 4. The van der Waals surface area contributed by atoms with Gasteiger partial charge in [0.05, 0.1) is 26.4 Å². The highest BCUT2D eigenvalue weighted by atomic mass is 16.7. The van der Waals surface area contributed by atoms with E-state index in [9.17, 15) is 0 Å². The maximum absolute atomic E-state index is 5.99. The van der Waals surface area contributed by atoms with Crippen molar-refractivity contribution in [2.45, 2.75) is 65.3 Å². The fourth-order valence-corrected chi connectivity index (χ4v) is 3.35. The molecule has 2 aliphatic heterocycles. The topological polar surface area (TPSA) is 36.9 Å². The summed E-state index contributed by atoms with van der Waals surface area (Å²) in [6.07, 6.45) is 2.18. The van der Waals surface area contributed by atoms with Crippen molar-refractivity contribution in [1.29, 1.82) is 0 Å². The number of benzene rings is 1. The van der Waals surface area contributed by atoms with Crippen LogP contribution in [0.1, 0.15) is 51.7 Å². The molecule has 1 aromatic carbocycles. The molecule has 2 fully saturated rings. The number of hydrogen-bond acceptors (Lipinski definition) is 4. The molecule has 4 nitrogen and oxygen atoms in total. The minimum absolute atomic E-state index is 0.415. The predicted octanol–water partition coefficient (Wildman–Crippen LogP) is 4.27. The van der Waals surface area contributed by atoms with Crippen molar-refractivity contribution in [1.82, 2.24) is 0 Å². The fraction of sp³-hybridized carbons (Fsp3) is 0.700. The van der Waals surface area contributed by atoms with Crippen LogP contribution in [0.15, 0.2) is 24.3 Å². The molecule has 2 saturated heterocycles. The van der Waals surface area contributed by atoms with Gasteiger partial charge in [0.1, 0.15) is 0 Å². The Kier molecular flexibility index (Phi) is 5.30.